The van der Waals surface area contributed by atoms with Crippen LogP contribution in [-0.2, 0) is 25.0 Å². The molecular formula is C34H66N3O5S+. The lowest BCUT2D eigenvalue weighted by atomic mass is 10.0. The van der Waals surface area contributed by atoms with Gasteiger partial charge in [-0.3, -0.25) is 4.21 Å². The Morgan fingerprint density at radius 2 is 1.16 bits per heavy atom. The summed E-state index contributed by atoms with van der Waals surface area (Å²) in [6, 6.07) is 1.93. The van der Waals surface area contributed by atoms with E-state index in [9.17, 15) is 4.21 Å². The molecule has 0 fully saturated rings. The lowest BCUT2D eigenvalue weighted by Gasteiger charge is -2.28. The third kappa shape index (κ3) is 23.9. The van der Waals surface area contributed by atoms with Gasteiger partial charge < -0.3 is 23.4 Å². The first-order chi connectivity index (χ1) is 20.8. The van der Waals surface area contributed by atoms with Crippen molar-refractivity contribution < 1.29 is 27.6 Å². The van der Waals surface area contributed by atoms with Crippen molar-refractivity contribution in [3.63, 3.8) is 0 Å². The summed E-state index contributed by atoms with van der Waals surface area (Å²) in [5.74, 6) is 0.338. The van der Waals surface area contributed by atoms with Crippen LogP contribution >= 0.6 is 0 Å². The smallest absolute Gasteiger partial charge is 0.317 e. The van der Waals surface area contributed by atoms with E-state index in [2.05, 4.69) is 38.0 Å². The molecule has 0 amide bonds. The number of unbranched alkanes of at least 4 members (excludes halogenated alkanes) is 15. The number of hydrogen-bond donors (Lipinski definition) is 0. The highest BCUT2D eigenvalue weighted by Crippen LogP contribution is 2.20. The molecule has 0 radical (unpaired) electrons. The maximum atomic E-state index is 13.3. The van der Waals surface area contributed by atoms with Gasteiger partial charge in [-0.05, 0) is 19.4 Å². The summed E-state index contributed by atoms with van der Waals surface area (Å²) in [4.78, 5) is 7.26. The molecule has 1 aromatic rings. The number of ether oxygens (including phenoxy) is 4. The molecule has 0 aromatic carbocycles. The minimum atomic E-state index is -1.36. The van der Waals surface area contributed by atoms with Gasteiger partial charge in [0.25, 0.3) is 0 Å². The molecule has 2 atom stereocenters. The van der Waals surface area contributed by atoms with Crippen molar-refractivity contribution in [1.29, 1.82) is 0 Å². The molecule has 0 N–H and O–H groups in total. The third-order valence-corrected chi connectivity index (χ3v) is 9.23. The first-order valence-electron chi connectivity index (χ1n) is 17.1. The van der Waals surface area contributed by atoms with Crippen molar-refractivity contribution in [3.05, 3.63) is 18.5 Å². The van der Waals surface area contributed by atoms with Crippen LogP contribution in [0.1, 0.15) is 117 Å². The molecule has 252 valence electrons. The zero-order valence-electron chi connectivity index (χ0n) is 28.5. The Morgan fingerprint density at radius 1 is 0.674 bits per heavy atom. The van der Waals surface area contributed by atoms with Gasteiger partial charge in [-0.15, -0.1) is 0 Å². The quantitative estimate of drug-likeness (QED) is 0.0629. The van der Waals surface area contributed by atoms with Crippen LogP contribution in [0, 0.1) is 0 Å². The maximum absolute atomic E-state index is 13.3. The molecular weight excluding hydrogens is 562 g/mol. The molecule has 1 aromatic heterocycles. The maximum Gasteiger partial charge on any atom is 0.317 e. The summed E-state index contributed by atoms with van der Waals surface area (Å²) in [6.07, 6.45) is 24.7. The predicted molar refractivity (Wildman–Crippen MR) is 179 cm³/mol. The van der Waals surface area contributed by atoms with Gasteiger partial charge in [0.05, 0.1) is 70.7 Å². The van der Waals surface area contributed by atoms with Crippen LogP contribution in [0.25, 0.3) is 0 Å². The number of rotatable bonds is 31. The Hall–Kier alpha value is -1.13. The Morgan fingerprint density at radius 3 is 1.67 bits per heavy atom. The van der Waals surface area contributed by atoms with Crippen molar-refractivity contribution in [2.75, 3.05) is 73.1 Å². The predicted octanol–water partition coefficient (Wildman–Crippen LogP) is 7.34. The Labute approximate surface area is 267 Å². The van der Waals surface area contributed by atoms with Crippen molar-refractivity contribution in [1.82, 2.24) is 9.97 Å². The normalized spacial score (nSPS) is 14.1. The molecule has 9 heteroatoms. The number of aromatic nitrogens is 2. The van der Waals surface area contributed by atoms with E-state index < -0.39 is 15.7 Å². The molecule has 1 rings (SSSR count). The van der Waals surface area contributed by atoms with Crippen LogP contribution in [0.4, 0.5) is 0 Å². The van der Waals surface area contributed by atoms with Crippen LogP contribution < -0.4 is 4.74 Å². The first kappa shape index (κ1) is 39.9. The summed E-state index contributed by atoms with van der Waals surface area (Å²) in [7, 11) is 5.06. The average Bonchev–Trinajstić information content (AvgIpc) is 2.97. The zero-order chi connectivity index (χ0) is 31.5. The Balaban J connectivity index is 2.16. The Bertz CT molecular complexity index is 781. The molecule has 0 bridgehead atoms. The van der Waals surface area contributed by atoms with Crippen LogP contribution in [0.3, 0.4) is 0 Å². The summed E-state index contributed by atoms with van der Waals surface area (Å²) in [5.41, 5.74) is 0. The number of nitrogens with zero attached hydrogens (tertiary/aromatic N) is 3. The minimum Gasteiger partial charge on any atom is -0.441 e. The molecule has 8 nitrogen and oxygen atoms in total. The zero-order valence-corrected chi connectivity index (χ0v) is 29.3. The molecule has 0 saturated carbocycles. The van der Waals surface area contributed by atoms with Crippen molar-refractivity contribution >= 4 is 10.8 Å². The highest BCUT2D eigenvalue weighted by Gasteiger charge is 2.35. The molecule has 0 saturated heterocycles. The van der Waals surface area contributed by atoms with Crippen LogP contribution in [-0.4, -0.2) is 96.7 Å². The molecule has 0 spiro atoms. The molecule has 0 aliphatic carbocycles. The van der Waals surface area contributed by atoms with Crippen LogP contribution in [0.2, 0.25) is 0 Å². The van der Waals surface area contributed by atoms with Crippen molar-refractivity contribution in [2.24, 2.45) is 0 Å². The van der Waals surface area contributed by atoms with Gasteiger partial charge in [-0.25, -0.2) is 9.97 Å². The second-order valence-electron chi connectivity index (χ2n) is 12.9. The SMILES string of the molecule is CCCCCCCCCCCCCCCCCCOCC(C)(Oc1ncccn1)S(=O)CCOCCOCC[N+](C)(C)C. The van der Waals surface area contributed by atoms with E-state index >= 15 is 0 Å². The second kappa shape index (κ2) is 26.1. The topological polar surface area (TPSA) is 79.8 Å². The summed E-state index contributed by atoms with van der Waals surface area (Å²) in [6.45, 7) is 7.93. The second-order valence-corrected chi connectivity index (χ2v) is 14.9. The molecule has 0 aliphatic rings. The fraction of sp³-hybridized carbons (Fsp3) is 0.882. The van der Waals surface area contributed by atoms with Crippen LogP contribution in [0.5, 0.6) is 6.01 Å². The van der Waals surface area contributed by atoms with E-state index in [1.54, 1.807) is 25.4 Å². The van der Waals surface area contributed by atoms with Crippen LogP contribution in [0.15, 0.2) is 18.5 Å². The van der Waals surface area contributed by atoms with Gasteiger partial charge in [-0.2, -0.15) is 0 Å². The third-order valence-electron chi connectivity index (χ3n) is 7.53. The van der Waals surface area contributed by atoms with E-state index in [0.717, 1.165) is 23.9 Å². The summed E-state index contributed by atoms with van der Waals surface area (Å²) in [5, 5.41) is 0. The van der Waals surface area contributed by atoms with E-state index in [-0.39, 0.29) is 12.6 Å². The summed E-state index contributed by atoms with van der Waals surface area (Å²) >= 11 is 0. The number of likely N-dealkylation sites (N-methyl/N-ethyl adjacent to an activating group) is 1. The van der Waals surface area contributed by atoms with E-state index in [4.69, 9.17) is 18.9 Å². The standard InChI is InChI=1S/C34H66N3O5S/c1-6-7-8-9-10-11-12-13-14-15-16-17-18-19-20-21-26-41-32-34(2,42-33-35-23-22-24-36-33)43(38)31-30-40-29-28-39-27-25-37(3,4)5/h22-24H,6-21,25-32H2,1-5H3/q+1. The van der Waals surface area contributed by atoms with E-state index in [1.165, 1.54) is 89.9 Å². The Kier molecular flexibility index (Phi) is 24.2. The van der Waals surface area contributed by atoms with Crippen molar-refractivity contribution in [3.8, 4) is 6.01 Å². The first-order valence-corrected chi connectivity index (χ1v) is 18.5. The fourth-order valence-electron chi connectivity index (χ4n) is 4.69. The average molecular weight is 629 g/mol. The van der Waals surface area contributed by atoms with Crippen molar-refractivity contribution in [2.45, 2.75) is 122 Å². The lowest BCUT2D eigenvalue weighted by Crippen LogP contribution is -2.44. The van der Waals surface area contributed by atoms with Gasteiger partial charge in [0.15, 0.2) is 0 Å². The van der Waals surface area contributed by atoms with Gasteiger partial charge in [-0.1, -0.05) is 103 Å². The number of quaternary nitrogens is 1. The highest BCUT2D eigenvalue weighted by atomic mass is 32.2. The molecule has 1 heterocycles. The highest BCUT2D eigenvalue weighted by molar-refractivity contribution is 7.86. The number of hydrogen-bond acceptors (Lipinski definition) is 7. The van der Waals surface area contributed by atoms with Gasteiger partial charge in [0.2, 0.25) is 4.93 Å². The van der Waals surface area contributed by atoms with Gasteiger partial charge in [0.1, 0.15) is 6.54 Å². The monoisotopic (exact) mass is 628 g/mol. The van der Waals surface area contributed by atoms with E-state index in [0.29, 0.717) is 38.8 Å². The fourth-order valence-corrected chi connectivity index (χ4v) is 5.78. The lowest BCUT2D eigenvalue weighted by molar-refractivity contribution is -0.870. The summed E-state index contributed by atoms with van der Waals surface area (Å²) < 4.78 is 37.4. The molecule has 2 unspecified atom stereocenters. The molecule has 0 aliphatic heterocycles. The van der Waals surface area contributed by atoms with E-state index in [1.807, 2.05) is 0 Å². The minimum absolute atomic E-state index is 0.205. The molecule has 43 heavy (non-hydrogen) atoms. The van der Waals surface area contributed by atoms with Gasteiger partial charge >= 0.3 is 6.01 Å². The van der Waals surface area contributed by atoms with Gasteiger partial charge in [0, 0.05) is 19.0 Å². The largest absolute Gasteiger partial charge is 0.441 e.